The molecular formula is C44H73I3NO2SV. The summed E-state index contributed by atoms with van der Waals surface area (Å²) in [6.45, 7) is 25.1. The van der Waals surface area contributed by atoms with E-state index in [4.69, 9.17) is 4.74 Å². The van der Waals surface area contributed by atoms with Gasteiger partial charge in [0.1, 0.15) is 10.7 Å². The number of hydrogen-bond donors (Lipinski definition) is 0. The van der Waals surface area contributed by atoms with Gasteiger partial charge in [-0.3, -0.25) is 9.69 Å². The molecule has 3 aromatic rings. The Bertz CT molecular complexity index is 1200. The summed E-state index contributed by atoms with van der Waals surface area (Å²) in [6.07, 6.45) is 6.19. The molecule has 0 radical (unpaired) electrons. The van der Waals surface area contributed by atoms with Crippen molar-refractivity contribution in [1.29, 1.82) is 0 Å². The number of likely N-dealkylation sites (tertiary alicyclic amines) is 1. The molecule has 298 valence electrons. The Balaban J connectivity index is -0.000000721. The van der Waals surface area contributed by atoms with Gasteiger partial charge in [-0.2, -0.15) is 0 Å². The van der Waals surface area contributed by atoms with Gasteiger partial charge in [-0.15, -0.1) is 0 Å². The third kappa shape index (κ3) is 20.5. The topological polar surface area (TPSA) is 29.5 Å². The molecule has 3 aliphatic rings. The summed E-state index contributed by atoms with van der Waals surface area (Å²) in [4.78, 5) is 16.8. The second kappa shape index (κ2) is 35.8. The van der Waals surface area contributed by atoms with Gasteiger partial charge in [-0.1, -0.05) is 174 Å². The van der Waals surface area contributed by atoms with Crippen LogP contribution in [0.15, 0.2) is 95.9 Å². The van der Waals surface area contributed by atoms with Crippen LogP contribution in [0, 0.1) is 5.41 Å². The molecule has 3 atom stereocenters. The van der Waals surface area contributed by atoms with Gasteiger partial charge in [-0.05, 0) is 74.9 Å². The molecule has 0 N–H and O–H groups in total. The maximum atomic E-state index is 13.2. The van der Waals surface area contributed by atoms with Crippen molar-refractivity contribution in [3.05, 3.63) is 102 Å². The van der Waals surface area contributed by atoms with Gasteiger partial charge < -0.3 is 4.74 Å². The number of hydrogen-bond acceptors (Lipinski definition) is 4. The SMILES string of the molecule is CC.CC.CC.CC.CC.CC.CN1CCCC2(CC(c3ccccc3)CC2=O)C1c1ccccc1.COC1(Sc2ccccc2)CC1.[I][V]([I])[I]. The van der Waals surface area contributed by atoms with Gasteiger partial charge in [0, 0.05) is 29.9 Å². The summed E-state index contributed by atoms with van der Waals surface area (Å²) < 4.78 is 5.42. The predicted octanol–water partition coefficient (Wildman–Crippen LogP) is 16.3. The molecule has 3 aromatic carbocycles. The molecule has 0 aromatic heterocycles. The van der Waals surface area contributed by atoms with Crippen molar-refractivity contribution in [2.75, 3.05) is 20.7 Å². The van der Waals surface area contributed by atoms with Crippen LogP contribution in [0.25, 0.3) is 0 Å². The Kier molecular flexibility index (Phi) is 39.0. The monoisotopic (exact) mass is 1110 g/mol. The number of halogens is 3. The Morgan fingerprint density at radius 3 is 1.48 bits per heavy atom. The van der Waals surface area contributed by atoms with Crippen LogP contribution >= 0.6 is 71.7 Å². The van der Waals surface area contributed by atoms with Crippen LogP contribution in [0.5, 0.6) is 0 Å². The second-order valence-corrected chi connectivity index (χ2v) is 47.5. The van der Waals surface area contributed by atoms with Crippen LogP contribution in [-0.2, 0) is 14.5 Å². The number of carbonyl (C=O) groups is 1. The first kappa shape index (κ1) is 56.7. The summed E-state index contributed by atoms with van der Waals surface area (Å²) in [7, 11) is 3.98. The van der Waals surface area contributed by atoms with Crippen LogP contribution in [0.2, 0.25) is 0 Å². The van der Waals surface area contributed by atoms with Crippen LogP contribution < -0.4 is 0 Å². The zero-order valence-electron chi connectivity index (χ0n) is 35.0. The van der Waals surface area contributed by atoms with Gasteiger partial charge in [-0.25, -0.2) is 0 Å². The fourth-order valence-electron chi connectivity index (χ4n) is 6.21. The number of ether oxygens (including phenoxy) is 1. The van der Waals surface area contributed by atoms with Gasteiger partial charge in [0.25, 0.3) is 0 Å². The minimum atomic E-state index is -0.278. The molecule has 8 heteroatoms. The minimum absolute atomic E-state index is 0.112. The van der Waals surface area contributed by atoms with Crippen molar-refractivity contribution in [2.24, 2.45) is 5.41 Å². The van der Waals surface area contributed by atoms with Crippen molar-refractivity contribution in [3.8, 4) is 0 Å². The first-order valence-electron chi connectivity index (χ1n) is 19.7. The third-order valence-corrected chi connectivity index (χ3v) is 9.61. The number of rotatable bonds is 5. The average Bonchev–Trinajstić information content (AvgIpc) is 3.92. The average molecular weight is 1110 g/mol. The summed E-state index contributed by atoms with van der Waals surface area (Å²) in [5, 5.41) is 0. The standard InChI is InChI=1S/C22H25NO.C10H12OS.6C2H6.3HI.V/c1-23-14-8-13-22(21(23)18-11-6-3-7-12-18)16-19(15-20(22)24)17-9-4-2-5-10-17;1-11-10(7-8-10)12-9-5-3-2-4-6-9;6*1-2;;;;/h2-7,9-12,19,21H,8,13-16H2,1H3;2-6H,7-8H2,1H3;6*1-2H3;3*1H;/q;;;;;;;;;;;+3/p-3. The van der Waals surface area contributed by atoms with Crippen molar-refractivity contribution in [2.45, 2.75) is 143 Å². The fraction of sp³-hybridized carbons (Fsp3) is 0.568. The van der Waals surface area contributed by atoms with E-state index >= 15 is 0 Å². The summed E-state index contributed by atoms with van der Waals surface area (Å²) >= 11 is 9.22. The molecule has 1 saturated heterocycles. The molecule has 3 unspecified atom stereocenters. The first-order chi connectivity index (χ1) is 25.3. The Morgan fingerprint density at radius 1 is 0.673 bits per heavy atom. The van der Waals surface area contributed by atoms with Crippen molar-refractivity contribution in [3.63, 3.8) is 0 Å². The van der Waals surface area contributed by atoms with E-state index in [9.17, 15) is 4.79 Å². The Hall–Kier alpha value is 0.374. The zero-order chi connectivity index (χ0) is 40.6. The van der Waals surface area contributed by atoms with E-state index in [2.05, 4.69) is 157 Å². The van der Waals surface area contributed by atoms with Gasteiger partial charge in [0.15, 0.2) is 0 Å². The number of benzene rings is 3. The molecule has 0 amide bonds. The van der Waals surface area contributed by atoms with Gasteiger partial charge in [0.2, 0.25) is 0 Å². The molecule has 2 saturated carbocycles. The first-order valence-corrected chi connectivity index (χ1v) is 34.0. The van der Waals surface area contributed by atoms with Crippen LogP contribution in [-0.4, -0.2) is 36.3 Å². The van der Waals surface area contributed by atoms with E-state index in [1.807, 2.05) is 101 Å². The molecular weight excluding hydrogens is 1040 g/mol. The predicted molar refractivity (Wildman–Crippen MR) is 258 cm³/mol. The molecule has 3 nitrogen and oxygen atoms in total. The van der Waals surface area contributed by atoms with Crippen molar-refractivity contribution >= 4 is 77.5 Å². The normalized spacial score (nSPS) is 20.0. The second-order valence-electron chi connectivity index (χ2n) is 10.7. The van der Waals surface area contributed by atoms with Crippen molar-refractivity contribution in [1.82, 2.24) is 4.90 Å². The number of ketones is 1. The number of nitrogens with zero attached hydrogens (tertiary/aromatic N) is 1. The molecule has 0 bridgehead atoms. The van der Waals surface area contributed by atoms with E-state index in [0.29, 0.717) is 18.1 Å². The van der Waals surface area contributed by atoms with Crippen LogP contribution in [0.1, 0.15) is 145 Å². The Labute approximate surface area is 364 Å². The fourth-order valence-corrected chi connectivity index (χ4v) is 7.33. The summed E-state index contributed by atoms with van der Waals surface area (Å²) in [6, 6.07) is 31.9. The van der Waals surface area contributed by atoms with Gasteiger partial charge >= 0.3 is 64.9 Å². The number of thioether (sulfide) groups is 1. The molecule has 6 rings (SSSR count). The third-order valence-electron chi connectivity index (χ3n) is 8.16. The van der Waals surface area contributed by atoms with E-state index in [0.717, 1.165) is 25.8 Å². The van der Waals surface area contributed by atoms with E-state index in [-0.39, 0.29) is 21.3 Å². The quantitative estimate of drug-likeness (QED) is 0.188. The number of carbonyl (C=O) groups excluding carboxylic acids is 1. The van der Waals surface area contributed by atoms with Crippen molar-refractivity contribution < 1.29 is 14.5 Å². The van der Waals surface area contributed by atoms with Crippen LogP contribution in [0.4, 0.5) is 0 Å². The molecule has 1 aliphatic heterocycles. The summed E-state index contributed by atoms with van der Waals surface area (Å²) in [5.41, 5.74) is 2.40. The molecule has 1 heterocycles. The van der Waals surface area contributed by atoms with E-state index < -0.39 is 0 Å². The number of piperidine rings is 1. The molecule has 3 fully saturated rings. The Morgan fingerprint density at radius 2 is 1.08 bits per heavy atom. The molecule has 1 spiro atoms. The summed E-state index contributed by atoms with van der Waals surface area (Å²) in [5.74, 6) is 0.841. The number of methoxy groups -OCH3 is 1. The number of Topliss-reactive ketones (excluding diaryl/α,β-unsaturated/α-hetero) is 1. The van der Waals surface area contributed by atoms with E-state index in [1.165, 1.54) is 28.9 Å². The zero-order valence-corrected chi connectivity index (χ0v) is 43.7. The van der Waals surface area contributed by atoms with Crippen LogP contribution in [0.3, 0.4) is 0 Å². The van der Waals surface area contributed by atoms with Gasteiger partial charge in [0.05, 0.1) is 0 Å². The van der Waals surface area contributed by atoms with E-state index in [1.54, 1.807) is 7.11 Å². The molecule has 2 aliphatic carbocycles. The molecule has 52 heavy (non-hydrogen) atoms. The maximum absolute atomic E-state index is 13.2.